The molecule has 0 bridgehead atoms. The molecule has 2 aliphatic rings. The van der Waals surface area contributed by atoms with E-state index in [1.165, 1.54) is 6.26 Å². The summed E-state index contributed by atoms with van der Waals surface area (Å²) < 4.78 is 29.6. The Morgan fingerprint density at radius 1 is 1.25 bits per heavy atom. The van der Waals surface area contributed by atoms with Crippen molar-refractivity contribution in [2.45, 2.75) is 44.8 Å². The Balaban J connectivity index is 0.00000392. The maximum atomic E-state index is 12.5. The molecule has 166 valence electrons. The molecule has 9 heteroatoms. The van der Waals surface area contributed by atoms with Crippen LogP contribution in [-0.2, 0) is 14.6 Å². The highest BCUT2D eigenvalue weighted by Gasteiger charge is 2.42. The van der Waals surface area contributed by atoms with E-state index in [1.807, 2.05) is 0 Å². The summed E-state index contributed by atoms with van der Waals surface area (Å²) in [7, 11) is -3.20. The number of hydrogen-bond acceptors (Lipinski definition) is 5. The molecular formula is C19H39IN4O3S. The van der Waals surface area contributed by atoms with Crippen LogP contribution in [0.5, 0.6) is 0 Å². The van der Waals surface area contributed by atoms with Gasteiger partial charge in [0.1, 0.15) is 0 Å². The first kappa shape index (κ1) is 25.9. The van der Waals surface area contributed by atoms with Gasteiger partial charge in [-0.15, -0.1) is 24.0 Å². The summed E-state index contributed by atoms with van der Waals surface area (Å²) in [6.07, 6.45) is 3.56. The monoisotopic (exact) mass is 530 g/mol. The molecule has 1 N–H and O–H groups in total. The zero-order valence-electron chi connectivity index (χ0n) is 17.9. The van der Waals surface area contributed by atoms with Crippen LogP contribution >= 0.6 is 24.0 Å². The molecule has 0 aromatic rings. The molecule has 7 nitrogen and oxygen atoms in total. The van der Waals surface area contributed by atoms with Crippen LogP contribution in [0.25, 0.3) is 0 Å². The third kappa shape index (κ3) is 6.70. The van der Waals surface area contributed by atoms with Crippen LogP contribution in [0.2, 0.25) is 0 Å². The summed E-state index contributed by atoms with van der Waals surface area (Å²) in [6, 6.07) is 0. The fourth-order valence-corrected chi connectivity index (χ4v) is 5.26. The molecule has 0 amide bonds. The van der Waals surface area contributed by atoms with Gasteiger partial charge in [0.15, 0.2) is 15.8 Å². The number of halogens is 1. The minimum absolute atomic E-state index is 0. The van der Waals surface area contributed by atoms with Gasteiger partial charge in [0, 0.05) is 45.6 Å². The van der Waals surface area contributed by atoms with Crippen molar-refractivity contribution in [1.29, 1.82) is 0 Å². The van der Waals surface area contributed by atoms with Gasteiger partial charge in [-0.3, -0.25) is 4.99 Å². The van der Waals surface area contributed by atoms with Crippen LogP contribution in [0.15, 0.2) is 4.99 Å². The van der Waals surface area contributed by atoms with Crippen molar-refractivity contribution in [2.75, 3.05) is 65.3 Å². The van der Waals surface area contributed by atoms with Crippen LogP contribution in [0, 0.1) is 5.92 Å². The van der Waals surface area contributed by atoms with Crippen molar-refractivity contribution in [3.63, 3.8) is 0 Å². The van der Waals surface area contributed by atoms with Gasteiger partial charge in [0.25, 0.3) is 0 Å². The highest BCUT2D eigenvalue weighted by atomic mass is 127. The second-order valence-corrected chi connectivity index (χ2v) is 10.2. The summed E-state index contributed by atoms with van der Waals surface area (Å²) in [6.45, 7) is 13.8. The zero-order chi connectivity index (χ0) is 19.9. The smallest absolute Gasteiger partial charge is 0.193 e. The summed E-state index contributed by atoms with van der Waals surface area (Å²) in [5, 5.41) is 3.37. The number of aliphatic imine (C=N–C) groups is 1. The molecule has 2 fully saturated rings. The van der Waals surface area contributed by atoms with Crippen molar-refractivity contribution in [1.82, 2.24) is 15.1 Å². The topological polar surface area (TPSA) is 74.2 Å². The fraction of sp³-hybridized carbons (Fsp3) is 0.947. The van der Waals surface area contributed by atoms with Gasteiger partial charge in [0.05, 0.1) is 11.3 Å². The van der Waals surface area contributed by atoms with Gasteiger partial charge in [-0.25, -0.2) is 8.42 Å². The molecule has 0 radical (unpaired) electrons. The number of hydrogen-bond donors (Lipinski definition) is 1. The Kier molecular flexibility index (Phi) is 11.0. The van der Waals surface area contributed by atoms with E-state index >= 15 is 0 Å². The van der Waals surface area contributed by atoms with E-state index < -0.39 is 14.6 Å². The predicted molar refractivity (Wildman–Crippen MR) is 126 cm³/mol. The molecule has 0 saturated carbocycles. The van der Waals surface area contributed by atoms with Gasteiger partial charge in [-0.1, -0.05) is 13.8 Å². The molecule has 0 aliphatic carbocycles. The highest BCUT2D eigenvalue weighted by molar-refractivity contribution is 14.0. The van der Waals surface area contributed by atoms with E-state index in [0.717, 1.165) is 51.6 Å². The lowest BCUT2D eigenvalue weighted by Gasteiger charge is -2.34. The first-order chi connectivity index (χ1) is 12.8. The Morgan fingerprint density at radius 2 is 1.89 bits per heavy atom. The number of rotatable bonds is 8. The van der Waals surface area contributed by atoms with Gasteiger partial charge in [0.2, 0.25) is 0 Å². The normalized spacial score (nSPS) is 23.0. The number of guanidine groups is 1. The predicted octanol–water partition coefficient (Wildman–Crippen LogP) is 1.83. The number of ether oxygens (including phenoxy) is 1. The second-order valence-electron chi connectivity index (χ2n) is 7.82. The van der Waals surface area contributed by atoms with Crippen molar-refractivity contribution in [3.05, 3.63) is 0 Å². The maximum Gasteiger partial charge on any atom is 0.193 e. The summed E-state index contributed by atoms with van der Waals surface area (Å²) in [4.78, 5) is 9.56. The van der Waals surface area contributed by atoms with Crippen LogP contribution in [0.3, 0.4) is 0 Å². The molecule has 2 aliphatic heterocycles. The summed E-state index contributed by atoms with van der Waals surface area (Å²) in [5.41, 5.74) is 0. The Morgan fingerprint density at radius 3 is 2.43 bits per heavy atom. The zero-order valence-corrected chi connectivity index (χ0v) is 21.1. The van der Waals surface area contributed by atoms with Crippen molar-refractivity contribution >= 4 is 39.8 Å². The highest BCUT2D eigenvalue weighted by Crippen LogP contribution is 2.30. The Labute approximate surface area is 188 Å². The van der Waals surface area contributed by atoms with Crippen molar-refractivity contribution in [2.24, 2.45) is 10.9 Å². The first-order valence-corrected chi connectivity index (χ1v) is 12.3. The molecule has 0 aromatic heterocycles. The molecule has 1 atom stereocenters. The van der Waals surface area contributed by atoms with Gasteiger partial charge in [-0.05, 0) is 45.2 Å². The van der Waals surface area contributed by atoms with E-state index in [4.69, 9.17) is 9.73 Å². The van der Waals surface area contributed by atoms with Crippen molar-refractivity contribution in [3.8, 4) is 0 Å². The molecule has 2 heterocycles. The van der Waals surface area contributed by atoms with E-state index in [9.17, 15) is 8.42 Å². The van der Waals surface area contributed by atoms with E-state index in [1.54, 1.807) is 0 Å². The molecule has 28 heavy (non-hydrogen) atoms. The first-order valence-electron chi connectivity index (χ1n) is 10.4. The minimum Gasteiger partial charge on any atom is -0.381 e. The quantitative estimate of drug-likeness (QED) is 0.293. The van der Waals surface area contributed by atoms with E-state index in [-0.39, 0.29) is 24.0 Å². The minimum atomic E-state index is -3.20. The average molecular weight is 531 g/mol. The van der Waals surface area contributed by atoms with Crippen LogP contribution < -0.4 is 5.32 Å². The fourth-order valence-electron chi connectivity index (χ4n) is 4.06. The van der Waals surface area contributed by atoms with E-state index in [2.05, 4.69) is 35.9 Å². The molecule has 0 spiro atoms. The van der Waals surface area contributed by atoms with Gasteiger partial charge < -0.3 is 19.9 Å². The van der Waals surface area contributed by atoms with E-state index in [0.29, 0.717) is 38.5 Å². The maximum absolute atomic E-state index is 12.5. The lowest BCUT2D eigenvalue weighted by atomic mass is 9.99. The number of nitrogens with zero attached hydrogens (tertiary/aromatic N) is 3. The van der Waals surface area contributed by atoms with Crippen LogP contribution in [-0.4, -0.2) is 94.2 Å². The largest absolute Gasteiger partial charge is 0.381 e. The van der Waals surface area contributed by atoms with Gasteiger partial charge >= 0.3 is 0 Å². The van der Waals surface area contributed by atoms with Gasteiger partial charge in [-0.2, -0.15) is 0 Å². The third-order valence-corrected chi connectivity index (χ3v) is 8.15. The molecule has 0 aromatic carbocycles. The second kappa shape index (κ2) is 11.9. The van der Waals surface area contributed by atoms with Crippen LogP contribution in [0.4, 0.5) is 0 Å². The Bertz CT molecular complexity index is 590. The lowest BCUT2D eigenvalue weighted by molar-refractivity contribution is 0.0767. The number of likely N-dealkylation sites (tertiary alicyclic amines) is 1. The number of nitrogens with one attached hydrogen (secondary N) is 1. The lowest BCUT2D eigenvalue weighted by Crippen LogP contribution is -2.48. The standard InChI is InChI=1S/C19H38N4O3S.HI/c1-5-20-18(23-11-8-17(15-23)14-22(6-2)7-3)21-16-19(27(4,24)25)9-12-26-13-10-19;/h17H,5-16H2,1-4H3,(H,20,21);1H. The van der Waals surface area contributed by atoms with Crippen LogP contribution in [0.1, 0.15) is 40.0 Å². The Hall–Kier alpha value is -0.130. The molecular weight excluding hydrogens is 491 g/mol. The number of sulfone groups is 1. The molecule has 2 rings (SSSR count). The summed E-state index contributed by atoms with van der Waals surface area (Å²) in [5.74, 6) is 1.50. The summed E-state index contributed by atoms with van der Waals surface area (Å²) >= 11 is 0. The average Bonchev–Trinajstić information content (AvgIpc) is 3.11. The molecule has 1 unspecified atom stereocenters. The molecule has 2 saturated heterocycles. The third-order valence-electron chi connectivity index (χ3n) is 6.04. The van der Waals surface area contributed by atoms with Crippen molar-refractivity contribution < 1.29 is 13.2 Å². The SMILES string of the molecule is CCNC(=NCC1(S(C)(=O)=O)CCOCC1)N1CCC(CN(CC)CC)C1.I.